The molecule has 2 nitrogen and oxygen atoms in total. The molecule has 12 heavy (non-hydrogen) atoms. The summed E-state index contributed by atoms with van der Waals surface area (Å²) in [6.45, 7) is 2.55. The Morgan fingerprint density at radius 2 is 2.17 bits per heavy atom. The Hall–Kier alpha value is 0.210. The summed E-state index contributed by atoms with van der Waals surface area (Å²) in [6, 6.07) is 0. The van der Waals surface area contributed by atoms with Crippen LogP contribution in [0, 0.1) is 5.92 Å². The van der Waals surface area contributed by atoms with Gasteiger partial charge < -0.3 is 10.4 Å². The number of aliphatic hydroxyl groups excluding tert-OH is 1. The van der Waals surface area contributed by atoms with Crippen molar-refractivity contribution in [2.45, 2.75) is 38.1 Å². The van der Waals surface area contributed by atoms with Crippen molar-refractivity contribution in [3.8, 4) is 0 Å². The fourth-order valence-corrected chi connectivity index (χ4v) is 2.03. The standard InChI is InChI=1S/C9H19NO.ClH/c1-9(10-2)6-4-3-5-8(9)7-11;/h8,10-11H,3-7H2,1-2H3;1H/t8-,9-;/m1./s1. The molecule has 0 unspecified atom stereocenters. The van der Waals surface area contributed by atoms with E-state index >= 15 is 0 Å². The van der Waals surface area contributed by atoms with E-state index in [2.05, 4.69) is 12.2 Å². The Bertz CT molecular complexity index is 132. The van der Waals surface area contributed by atoms with Gasteiger partial charge in [0, 0.05) is 12.1 Å². The first-order chi connectivity index (χ1) is 5.23. The van der Waals surface area contributed by atoms with Gasteiger partial charge in [-0.1, -0.05) is 12.8 Å². The van der Waals surface area contributed by atoms with E-state index in [-0.39, 0.29) is 17.9 Å². The molecule has 2 atom stereocenters. The third-order valence-electron chi connectivity index (χ3n) is 3.19. The molecule has 0 aliphatic heterocycles. The summed E-state index contributed by atoms with van der Waals surface area (Å²) in [7, 11) is 1.99. The quantitative estimate of drug-likeness (QED) is 0.698. The number of nitrogens with one attached hydrogen (secondary N) is 1. The topological polar surface area (TPSA) is 32.3 Å². The molecule has 0 aromatic rings. The van der Waals surface area contributed by atoms with Gasteiger partial charge in [-0.25, -0.2) is 0 Å². The Morgan fingerprint density at radius 1 is 1.50 bits per heavy atom. The zero-order valence-corrected chi connectivity index (χ0v) is 8.78. The van der Waals surface area contributed by atoms with Crippen LogP contribution < -0.4 is 5.32 Å². The number of halogens is 1. The van der Waals surface area contributed by atoms with Gasteiger partial charge in [0.15, 0.2) is 0 Å². The number of hydrogen-bond acceptors (Lipinski definition) is 2. The minimum absolute atomic E-state index is 0. The van der Waals surface area contributed by atoms with Crippen molar-refractivity contribution in [3.05, 3.63) is 0 Å². The van der Waals surface area contributed by atoms with Gasteiger partial charge in [-0.15, -0.1) is 12.4 Å². The predicted molar refractivity (Wildman–Crippen MR) is 53.8 cm³/mol. The fourth-order valence-electron chi connectivity index (χ4n) is 2.03. The van der Waals surface area contributed by atoms with Crippen LogP contribution >= 0.6 is 12.4 Å². The van der Waals surface area contributed by atoms with E-state index in [4.69, 9.17) is 5.11 Å². The lowest BCUT2D eigenvalue weighted by Crippen LogP contribution is -2.50. The van der Waals surface area contributed by atoms with Crippen molar-refractivity contribution in [2.24, 2.45) is 5.92 Å². The Kier molecular flexibility index (Phi) is 5.14. The molecule has 0 aromatic carbocycles. The molecule has 3 heteroatoms. The molecule has 0 heterocycles. The third kappa shape index (κ3) is 2.35. The lowest BCUT2D eigenvalue weighted by atomic mass is 9.74. The van der Waals surface area contributed by atoms with E-state index < -0.39 is 0 Å². The Labute approximate surface area is 81.2 Å². The van der Waals surface area contributed by atoms with Crippen LogP contribution in [0.5, 0.6) is 0 Å². The van der Waals surface area contributed by atoms with E-state index in [9.17, 15) is 0 Å². The van der Waals surface area contributed by atoms with Gasteiger partial charge in [0.05, 0.1) is 0 Å². The molecule has 1 rings (SSSR count). The fraction of sp³-hybridized carbons (Fsp3) is 1.00. The van der Waals surface area contributed by atoms with Crippen LogP contribution in [0.2, 0.25) is 0 Å². The summed E-state index contributed by atoms with van der Waals surface area (Å²) in [5.74, 6) is 0.459. The van der Waals surface area contributed by atoms with Gasteiger partial charge in [-0.2, -0.15) is 0 Å². The predicted octanol–water partition coefficient (Wildman–Crippen LogP) is 1.57. The summed E-state index contributed by atoms with van der Waals surface area (Å²) in [6.07, 6.45) is 4.96. The van der Waals surface area contributed by atoms with Crippen LogP contribution in [0.1, 0.15) is 32.6 Å². The van der Waals surface area contributed by atoms with Gasteiger partial charge in [0.1, 0.15) is 0 Å². The van der Waals surface area contributed by atoms with Crippen LogP contribution in [0.4, 0.5) is 0 Å². The molecule has 0 saturated heterocycles. The minimum atomic E-state index is 0. The first kappa shape index (κ1) is 12.2. The average Bonchev–Trinajstić information content (AvgIpc) is 2.05. The summed E-state index contributed by atoms with van der Waals surface area (Å²) in [5, 5.41) is 12.4. The molecule has 0 radical (unpaired) electrons. The van der Waals surface area contributed by atoms with Crippen LogP contribution in [0.15, 0.2) is 0 Å². The van der Waals surface area contributed by atoms with E-state index in [1.54, 1.807) is 0 Å². The van der Waals surface area contributed by atoms with Crippen LogP contribution in [0.25, 0.3) is 0 Å². The van der Waals surface area contributed by atoms with E-state index in [1.165, 1.54) is 25.7 Å². The Morgan fingerprint density at radius 3 is 2.58 bits per heavy atom. The minimum Gasteiger partial charge on any atom is -0.396 e. The molecule has 74 valence electrons. The van der Waals surface area contributed by atoms with Gasteiger partial charge in [0.2, 0.25) is 0 Å². The molecule has 0 spiro atoms. The van der Waals surface area contributed by atoms with E-state index in [0.29, 0.717) is 12.5 Å². The largest absolute Gasteiger partial charge is 0.396 e. The Balaban J connectivity index is 0.00000121. The van der Waals surface area contributed by atoms with Crippen molar-refractivity contribution in [1.82, 2.24) is 5.32 Å². The zero-order valence-electron chi connectivity index (χ0n) is 7.97. The molecule has 1 saturated carbocycles. The summed E-state index contributed by atoms with van der Waals surface area (Å²) >= 11 is 0. The lowest BCUT2D eigenvalue weighted by Gasteiger charge is -2.40. The van der Waals surface area contributed by atoms with Crippen LogP contribution in [-0.2, 0) is 0 Å². The van der Waals surface area contributed by atoms with E-state index in [1.807, 2.05) is 7.05 Å². The second-order valence-electron chi connectivity index (χ2n) is 3.79. The number of rotatable bonds is 2. The molecular formula is C9H20ClNO. The number of aliphatic hydroxyl groups is 1. The zero-order chi connectivity index (χ0) is 8.32. The highest BCUT2D eigenvalue weighted by Crippen LogP contribution is 2.32. The monoisotopic (exact) mass is 193 g/mol. The molecule has 0 aromatic heterocycles. The van der Waals surface area contributed by atoms with E-state index in [0.717, 1.165) is 0 Å². The maximum absolute atomic E-state index is 9.12. The van der Waals surface area contributed by atoms with Crippen molar-refractivity contribution >= 4 is 12.4 Å². The van der Waals surface area contributed by atoms with Gasteiger partial charge in [0.25, 0.3) is 0 Å². The molecule has 0 bridgehead atoms. The third-order valence-corrected chi connectivity index (χ3v) is 3.19. The van der Waals surface area contributed by atoms with Crippen molar-refractivity contribution in [3.63, 3.8) is 0 Å². The summed E-state index contributed by atoms with van der Waals surface area (Å²) < 4.78 is 0. The smallest absolute Gasteiger partial charge is 0.0476 e. The van der Waals surface area contributed by atoms with Crippen molar-refractivity contribution < 1.29 is 5.11 Å². The molecular weight excluding hydrogens is 174 g/mol. The van der Waals surface area contributed by atoms with Crippen LogP contribution in [0.3, 0.4) is 0 Å². The molecule has 1 fully saturated rings. The second kappa shape index (κ2) is 5.05. The van der Waals surface area contributed by atoms with Gasteiger partial charge >= 0.3 is 0 Å². The SMILES string of the molecule is CN[C@]1(C)CCCC[C@@H]1CO.Cl. The number of hydrogen-bond donors (Lipinski definition) is 2. The van der Waals surface area contributed by atoms with Crippen LogP contribution in [-0.4, -0.2) is 24.3 Å². The maximum atomic E-state index is 9.12. The van der Waals surface area contributed by atoms with Gasteiger partial charge in [-0.05, 0) is 32.7 Å². The second-order valence-corrected chi connectivity index (χ2v) is 3.79. The van der Waals surface area contributed by atoms with Crippen molar-refractivity contribution in [2.75, 3.05) is 13.7 Å². The highest BCUT2D eigenvalue weighted by Gasteiger charge is 2.34. The average molecular weight is 194 g/mol. The van der Waals surface area contributed by atoms with Gasteiger partial charge in [-0.3, -0.25) is 0 Å². The first-order valence-electron chi connectivity index (χ1n) is 4.52. The normalized spacial score (nSPS) is 35.8. The maximum Gasteiger partial charge on any atom is 0.0476 e. The molecule has 1 aliphatic rings. The molecule has 2 N–H and O–H groups in total. The highest BCUT2D eigenvalue weighted by atomic mass is 35.5. The summed E-state index contributed by atoms with van der Waals surface area (Å²) in [4.78, 5) is 0. The molecule has 1 aliphatic carbocycles. The first-order valence-corrected chi connectivity index (χ1v) is 4.52. The lowest BCUT2D eigenvalue weighted by molar-refractivity contribution is 0.0989. The molecule has 0 amide bonds. The van der Waals surface area contributed by atoms with Crippen molar-refractivity contribution in [1.29, 1.82) is 0 Å². The summed E-state index contributed by atoms with van der Waals surface area (Å²) in [5.41, 5.74) is 0.188. The highest BCUT2D eigenvalue weighted by molar-refractivity contribution is 5.85.